The number of rotatable bonds is 1. The van der Waals surface area contributed by atoms with Gasteiger partial charge in [0.1, 0.15) is 6.10 Å². The van der Waals surface area contributed by atoms with E-state index in [4.69, 9.17) is 10.2 Å². The summed E-state index contributed by atoms with van der Waals surface area (Å²) in [6, 6.07) is 0. The van der Waals surface area contributed by atoms with E-state index in [-0.39, 0.29) is 6.61 Å². The third-order valence-corrected chi connectivity index (χ3v) is 0.542. The van der Waals surface area contributed by atoms with E-state index < -0.39 is 12.1 Å². The van der Waals surface area contributed by atoms with Crippen molar-refractivity contribution in [1.82, 2.24) is 0 Å². The molecule has 0 saturated carbocycles. The highest BCUT2D eigenvalue weighted by Gasteiger charge is 2.05. The molecule has 0 heterocycles. The molecule has 62 valence electrons. The standard InChI is InChI=1S/C4H8O3.C2H6O/c1-3(5)4(6)7-2;1-2-3/h3,5H,1-2H3;3H,2H2,1H3. The highest BCUT2D eigenvalue weighted by Crippen LogP contribution is 1.80. The molecule has 10 heavy (non-hydrogen) atoms. The largest absolute Gasteiger partial charge is 0.467 e. The van der Waals surface area contributed by atoms with Crippen LogP contribution in [0.15, 0.2) is 0 Å². The van der Waals surface area contributed by atoms with Gasteiger partial charge in [-0.2, -0.15) is 0 Å². The second kappa shape index (κ2) is 8.39. The average molecular weight is 150 g/mol. The smallest absolute Gasteiger partial charge is 0.334 e. The molecule has 4 nitrogen and oxygen atoms in total. The number of carbonyl (C=O) groups is 1. The van der Waals surface area contributed by atoms with Crippen LogP contribution in [0.2, 0.25) is 0 Å². The molecular formula is C6H14O4. The summed E-state index contributed by atoms with van der Waals surface area (Å²) in [4.78, 5) is 10.0. The third kappa shape index (κ3) is 10.4. The Bertz CT molecular complexity index is 79.8. The molecular weight excluding hydrogens is 136 g/mol. The van der Waals surface area contributed by atoms with E-state index in [0.29, 0.717) is 0 Å². The van der Waals surface area contributed by atoms with E-state index in [1.165, 1.54) is 14.0 Å². The number of ether oxygens (including phenoxy) is 1. The van der Waals surface area contributed by atoms with Crippen LogP contribution >= 0.6 is 0 Å². The molecule has 0 rings (SSSR count). The molecule has 0 aliphatic heterocycles. The van der Waals surface area contributed by atoms with Crippen molar-refractivity contribution in [1.29, 1.82) is 0 Å². The molecule has 0 aliphatic rings. The van der Waals surface area contributed by atoms with Gasteiger partial charge in [-0.3, -0.25) is 0 Å². The van der Waals surface area contributed by atoms with Gasteiger partial charge in [0, 0.05) is 6.61 Å². The van der Waals surface area contributed by atoms with Crippen molar-refractivity contribution in [3.8, 4) is 0 Å². The zero-order valence-electron chi connectivity index (χ0n) is 6.50. The number of esters is 1. The fourth-order valence-electron chi connectivity index (χ4n) is 0.171. The number of hydrogen-bond donors (Lipinski definition) is 2. The first kappa shape index (κ1) is 12.1. The van der Waals surface area contributed by atoms with Crippen LogP contribution in [0, 0.1) is 0 Å². The maximum atomic E-state index is 10.0. The van der Waals surface area contributed by atoms with Crippen LogP contribution in [0.25, 0.3) is 0 Å². The van der Waals surface area contributed by atoms with Crippen molar-refractivity contribution in [2.45, 2.75) is 20.0 Å². The molecule has 0 saturated heterocycles. The Labute approximate surface area is 60.4 Å². The molecule has 1 atom stereocenters. The number of hydrogen-bond acceptors (Lipinski definition) is 4. The lowest BCUT2D eigenvalue weighted by Gasteiger charge is -1.97. The Balaban J connectivity index is 0. The molecule has 0 aliphatic carbocycles. The summed E-state index contributed by atoms with van der Waals surface area (Å²) < 4.78 is 4.12. The van der Waals surface area contributed by atoms with Crippen LogP contribution in [0.3, 0.4) is 0 Å². The van der Waals surface area contributed by atoms with Crippen LogP contribution in [-0.2, 0) is 9.53 Å². The normalized spacial score (nSPS) is 10.9. The first-order chi connectivity index (χ1) is 4.59. The molecule has 0 radical (unpaired) electrons. The van der Waals surface area contributed by atoms with Crippen molar-refractivity contribution in [2.75, 3.05) is 13.7 Å². The van der Waals surface area contributed by atoms with Gasteiger partial charge in [-0.1, -0.05) is 0 Å². The van der Waals surface area contributed by atoms with E-state index in [2.05, 4.69) is 4.74 Å². The molecule has 0 amide bonds. The van der Waals surface area contributed by atoms with Gasteiger partial charge in [0.05, 0.1) is 7.11 Å². The fourth-order valence-corrected chi connectivity index (χ4v) is 0.171. The first-order valence-electron chi connectivity index (χ1n) is 2.96. The van der Waals surface area contributed by atoms with Crippen molar-refractivity contribution < 1.29 is 19.7 Å². The molecule has 0 fully saturated rings. The summed E-state index contributed by atoms with van der Waals surface area (Å²) in [6.45, 7) is 3.28. The average Bonchev–Trinajstić information content (AvgIpc) is 1.88. The van der Waals surface area contributed by atoms with E-state index in [9.17, 15) is 4.79 Å². The summed E-state index contributed by atoms with van der Waals surface area (Å²) in [5.74, 6) is -0.597. The zero-order chi connectivity index (χ0) is 8.57. The van der Waals surface area contributed by atoms with Gasteiger partial charge in [-0.05, 0) is 13.8 Å². The Morgan fingerprint density at radius 1 is 1.70 bits per heavy atom. The van der Waals surface area contributed by atoms with Gasteiger partial charge in [-0.25, -0.2) is 4.79 Å². The number of aliphatic hydroxyl groups excluding tert-OH is 2. The third-order valence-electron chi connectivity index (χ3n) is 0.542. The van der Waals surface area contributed by atoms with Gasteiger partial charge in [0.25, 0.3) is 0 Å². The Morgan fingerprint density at radius 2 is 2.00 bits per heavy atom. The molecule has 2 N–H and O–H groups in total. The van der Waals surface area contributed by atoms with Gasteiger partial charge in [-0.15, -0.1) is 0 Å². The predicted octanol–water partition coefficient (Wildman–Crippen LogP) is -0.461. The summed E-state index contributed by atoms with van der Waals surface area (Å²) >= 11 is 0. The topological polar surface area (TPSA) is 66.8 Å². The second-order valence-corrected chi connectivity index (χ2v) is 1.52. The van der Waals surface area contributed by atoms with Gasteiger partial charge in [0.2, 0.25) is 0 Å². The molecule has 0 spiro atoms. The molecule has 0 aromatic heterocycles. The maximum absolute atomic E-state index is 10.0. The quantitative estimate of drug-likeness (QED) is 0.496. The fraction of sp³-hybridized carbons (Fsp3) is 0.833. The van der Waals surface area contributed by atoms with E-state index in [1.807, 2.05) is 0 Å². The van der Waals surface area contributed by atoms with Crippen molar-refractivity contribution in [3.05, 3.63) is 0 Å². The van der Waals surface area contributed by atoms with Crippen molar-refractivity contribution in [2.24, 2.45) is 0 Å². The second-order valence-electron chi connectivity index (χ2n) is 1.52. The highest BCUT2D eigenvalue weighted by molar-refractivity contribution is 5.73. The summed E-state index contributed by atoms with van der Waals surface area (Å²) in [5, 5.41) is 15.9. The van der Waals surface area contributed by atoms with Crippen molar-refractivity contribution >= 4 is 5.97 Å². The van der Waals surface area contributed by atoms with Gasteiger partial charge < -0.3 is 14.9 Å². The zero-order valence-corrected chi connectivity index (χ0v) is 6.50. The highest BCUT2D eigenvalue weighted by atomic mass is 16.5. The lowest BCUT2D eigenvalue weighted by Crippen LogP contribution is -2.16. The molecule has 0 aromatic rings. The van der Waals surface area contributed by atoms with Crippen LogP contribution < -0.4 is 0 Å². The summed E-state index contributed by atoms with van der Waals surface area (Å²) in [7, 11) is 1.23. The molecule has 1 unspecified atom stereocenters. The summed E-state index contributed by atoms with van der Waals surface area (Å²) in [6.07, 6.45) is -0.995. The van der Waals surface area contributed by atoms with E-state index >= 15 is 0 Å². The SMILES string of the molecule is CCO.COC(=O)C(C)O. The van der Waals surface area contributed by atoms with Crippen LogP contribution in [0.1, 0.15) is 13.8 Å². The van der Waals surface area contributed by atoms with E-state index in [0.717, 1.165) is 0 Å². The minimum Gasteiger partial charge on any atom is -0.467 e. The predicted molar refractivity (Wildman–Crippen MR) is 36.5 cm³/mol. The monoisotopic (exact) mass is 150 g/mol. The lowest BCUT2D eigenvalue weighted by molar-refractivity contribution is -0.149. The van der Waals surface area contributed by atoms with Gasteiger partial charge >= 0.3 is 5.97 Å². The molecule has 0 bridgehead atoms. The Morgan fingerprint density at radius 3 is 2.00 bits per heavy atom. The Hall–Kier alpha value is -0.610. The van der Waals surface area contributed by atoms with Crippen molar-refractivity contribution in [3.63, 3.8) is 0 Å². The number of aliphatic hydroxyl groups is 2. The minimum absolute atomic E-state index is 0.250. The lowest BCUT2D eigenvalue weighted by atomic mass is 10.4. The van der Waals surface area contributed by atoms with Crippen LogP contribution in [0.4, 0.5) is 0 Å². The van der Waals surface area contributed by atoms with Gasteiger partial charge in [0.15, 0.2) is 0 Å². The van der Waals surface area contributed by atoms with Crippen LogP contribution in [-0.4, -0.2) is 36.0 Å². The first-order valence-corrected chi connectivity index (χ1v) is 2.96. The number of carbonyl (C=O) groups excluding carboxylic acids is 1. The number of methoxy groups -OCH3 is 1. The molecule has 0 aromatic carbocycles. The minimum atomic E-state index is -0.995. The summed E-state index contributed by atoms with van der Waals surface area (Å²) in [5.41, 5.74) is 0. The molecule has 4 heteroatoms. The maximum Gasteiger partial charge on any atom is 0.334 e. The van der Waals surface area contributed by atoms with Crippen LogP contribution in [0.5, 0.6) is 0 Å². The van der Waals surface area contributed by atoms with E-state index in [1.54, 1.807) is 6.92 Å². The Kier molecular flexibility index (Phi) is 10.2.